The first-order valence-corrected chi connectivity index (χ1v) is 5.75. The largest absolute Gasteiger partial charge is 0.363 e. The Kier molecular flexibility index (Phi) is 4.62. The van der Waals surface area contributed by atoms with Crippen LogP contribution < -0.4 is 5.32 Å². The fourth-order valence-corrected chi connectivity index (χ4v) is 2.12. The fourth-order valence-electron chi connectivity index (χ4n) is 1.82. The van der Waals surface area contributed by atoms with Crippen LogP contribution in [0.3, 0.4) is 0 Å². The van der Waals surface area contributed by atoms with E-state index in [1.165, 1.54) is 25.9 Å². The Labute approximate surface area is 92.4 Å². The standard InChI is InChI=1S/C10H21N3S/c1-4-11-10(14)13(3)9-5-7-12(2)8-6-9/h9H,4-8H2,1-3H3,(H,11,14). The van der Waals surface area contributed by atoms with Crippen LogP contribution in [-0.4, -0.2) is 54.7 Å². The van der Waals surface area contributed by atoms with Gasteiger partial charge in [0.2, 0.25) is 0 Å². The van der Waals surface area contributed by atoms with Crippen LogP contribution >= 0.6 is 12.2 Å². The van der Waals surface area contributed by atoms with Crippen molar-refractivity contribution in [3.05, 3.63) is 0 Å². The summed E-state index contributed by atoms with van der Waals surface area (Å²) in [5, 5.41) is 4.09. The highest BCUT2D eigenvalue weighted by molar-refractivity contribution is 7.80. The Balaban J connectivity index is 2.37. The summed E-state index contributed by atoms with van der Waals surface area (Å²) < 4.78 is 0. The molecular formula is C10H21N3S. The van der Waals surface area contributed by atoms with Crippen LogP contribution in [0, 0.1) is 0 Å². The van der Waals surface area contributed by atoms with Crippen LogP contribution in [0.5, 0.6) is 0 Å². The van der Waals surface area contributed by atoms with Gasteiger partial charge in [-0.05, 0) is 52.1 Å². The monoisotopic (exact) mass is 215 g/mol. The molecule has 1 aliphatic heterocycles. The average Bonchev–Trinajstić information content (AvgIpc) is 2.18. The van der Waals surface area contributed by atoms with Crippen LogP contribution in [-0.2, 0) is 0 Å². The maximum Gasteiger partial charge on any atom is 0.168 e. The summed E-state index contributed by atoms with van der Waals surface area (Å²) in [6.45, 7) is 5.36. The van der Waals surface area contributed by atoms with Gasteiger partial charge in [-0.2, -0.15) is 0 Å². The van der Waals surface area contributed by atoms with Gasteiger partial charge in [-0.15, -0.1) is 0 Å². The average molecular weight is 215 g/mol. The van der Waals surface area contributed by atoms with Gasteiger partial charge in [-0.3, -0.25) is 0 Å². The highest BCUT2D eigenvalue weighted by Crippen LogP contribution is 2.13. The first-order valence-electron chi connectivity index (χ1n) is 5.34. The van der Waals surface area contributed by atoms with Gasteiger partial charge in [-0.25, -0.2) is 0 Å². The van der Waals surface area contributed by atoms with Crippen molar-refractivity contribution >= 4 is 17.3 Å². The summed E-state index contributed by atoms with van der Waals surface area (Å²) in [6, 6.07) is 0.623. The van der Waals surface area contributed by atoms with E-state index in [0.29, 0.717) is 6.04 Å². The molecule has 0 aromatic heterocycles. The number of likely N-dealkylation sites (tertiary alicyclic amines) is 1. The molecule has 0 unspecified atom stereocenters. The van der Waals surface area contributed by atoms with E-state index < -0.39 is 0 Å². The molecule has 14 heavy (non-hydrogen) atoms. The highest BCUT2D eigenvalue weighted by Gasteiger charge is 2.21. The van der Waals surface area contributed by atoms with Gasteiger partial charge in [0.15, 0.2) is 5.11 Å². The van der Waals surface area contributed by atoms with E-state index in [-0.39, 0.29) is 0 Å². The molecule has 0 amide bonds. The van der Waals surface area contributed by atoms with Gasteiger partial charge in [0.25, 0.3) is 0 Å². The molecule has 0 aromatic carbocycles. The summed E-state index contributed by atoms with van der Waals surface area (Å²) in [5.41, 5.74) is 0. The van der Waals surface area contributed by atoms with E-state index in [0.717, 1.165) is 11.7 Å². The van der Waals surface area contributed by atoms with Gasteiger partial charge in [0.05, 0.1) is 0 Å². The zero-order valence-corrected chi connectivity index (χ0v) is 10.2. The lowest BCUT2D eigenvalue weighted by Crippen LogP contribution is -2.47. The molecule has 1 rings (SSSR count). The lowest BCUT2D eigenvalue weighted by molar-refractivity contribution is 0.191. The van der Waals surface area contributed by atoms with Gasteiger partial charge >= 0.3 is 0 Å². The Hall–Kier alpha value is -0.350. The smallest absolute Gasteiger partial charge is 0.168 e. The Morgan fingerprint density at radius 1 is 1.50 bits per heavy atom. The van der Waals surface area contributed by atoms with Crippen molar-refractivity contribution in [2.75, 3.05) is 33.7 Å². The highest BCUT2D eigenvalue weighted by atomic mass is 32.1. The Morgan fingerprint density at radius 2 is 2.07 bits per heavy atom. The third kappa shape index (κ3) is 3.10. The predicted molar refractivity (Wildman–Crippen MR) is 64.6 cm³/mol. The number of nitrogens with one attached hydrogen (secondary N) is 1. The molecule has 82 valence electrons. The van der Waals surface area contributed by atoms with Crippen LogP contribution in [0.4, 0.5) is 0 Å². The second-order valence-corrected chi connectivity index (χ2v) is 4.37. The molecule has 0 saturated carbocycles. The van der Waals surface area contributed by atoms with Crippen molar-refractivity contribution in [1.29, 1.82) is 0 Å². The van der Waals surface area contributed by atoms with E-state index in [2.05, 4.69) is 36.1 Å². The topological polar surface area (TPSA) is 18.5 Å². The van der Waals surface area contributed by atoms with Crippen LogP contribution in [0.15, 0.2) is 0 Å². The Morgan fingerprint density at radius 3 is 2.57 bits per heavy atom. The van der Waals surface area contributed by atoms with E-state index in [1.807, 2.05) is 0 Å². The van der Waals surface area contributed by atoms with E-state index in [1.54, 1.807) is 0 Å². The minimum Gasteiger partial charge on any atom is -0.363 e. The Bertz CT molecular complexity index is 188. The van der Waals surface area contributed by atoms with Crippen molar-refractivity contribution in [2.24, 2.45) is 0 Å². The molecule has 0 atom stereocenters. The number of nitrogens with zero attached hydrogens (tertiary/aromatic N) is 2. The lowest BCUT2D eigenvalue weighted by atomic mass is 10.0. The fraction of sp³-hybridized carbons (Fsp3) is 0.900. The first-order chi connectivity index (χ1) is 6.65. The molecule has 1 saturated heterocycles. The van der Waals surface area contributed by atoms with E-state index in [4.69, 9.17) is 12.2 Å². The van der Waals surface area contributed by atoms with Gasteiger partial charge in [0.1, 0.15) is 0 Å². The molecule has 4 heteroatoms. The molecule has 0 radical (unpaired) electrons. The van der Waals surface area contributed by atoms with Gasteiger partial charge < -0.3 is 15.1 Å². The molecule has 1 aliphatic rings. The van der Waals surface area contributed by atoms with Gasteiger partial charge in [-0.1, -0.05) is 0 Å². The number of piperidine rings is 1. The zero-order chi connectivity index (χ0) is 10.6. The van der Waals surface area contributed by atoms with E-state index in [9.17, 15) is 0 Å². The summed E-state index contributed by atoms with van der Waals surface area (Å²) in [4.78, 5) is 4.59. The molecule has 0 aromatic rings. The van der Waals surface area contributed by atoms with Crippen LogP contribution in [0.2, 0.25) is 0 Å². The minimum atomic E-state index is 0.623. The molecule has 0 spiro atoms. The molecule has 1 fully saturated rings. The maximum absolute atomic E-state index is 5.29. The van der Waals surface area contributed by atoms with Crippen molar-refractivity contribution in [3.8, 4) is 0 Å². The third-order valence-corrected chi connectivity index (χ3v) is 3.32. The molecule has 0 aliphatic carbocycles. The molecule has 1 N–H and O–H groups in total. The second kappa shape index (κ2) is 5.51. The summed E-state index contributed by atoms with van der Waals surface area (Å²) in [6.07, 6.45) is 2.44. The summed E-state index contributed by atoms with van der Waals surface area (Å²) in [7, 11) is 4.28. The summed E-state index contributed by atoms with van der Waals surface area (Å²) >= 11 is 5.29. The van der Waals surface area contributed by atoms with Gasteiger partial charge in [0, 0.05) is 19.6 Å². The van der Waals surface area contributed by atoms with Crippen molar-refractivity contribution in [1.82, 2.24) is 15.1 Å². The zero-order valence-electron chi connectivity index (χ0n) is 9.42. The minimum absolute atomic E-state index is 0.623. The van der Waals surface area contributed by atoms with E-state index >= 15 is 0 Å². The normalized spacial score (nSPS) is 19.4. The third-order valence-electron chi connectivity index (χ3n) is 2.88. The number of thiocarbonyl (C=S) groups is 1. The second-order valence-electron chi connectivity index (χ2n) is 3.98. The first kappa shape index (κ1) is 11.7. The number of hydrogen-bond acceptors (Lipinski definition) is 2. The van der Waals surface area contributed by atoms with Crippen LogP contribution in [0.25, 0.3) is 0 Å². The van der Waals surface area contributed by atoms with Crippen molar-refractivity contribution < 1.29 is 0 Å². The van der Waals surface area contributed by atoms with Crippen molar-refractivity contribution in [3.63, 3.8) is 0 Å². The van der Waals surface area contributed by atoms with Crippen molar-refractivity contribution in [2.45, 2.75) is 25.8 Å². The lowest BCUT2D eigenvalue weighted by Gasteiger charge is -2.36. The molecular weight excluding hydrogens is 194 g/mol. The SMILES string of the molecule is CCNC(=S)N(C)C1CCN(C)CC1. The molecule has 0 bridgehead atoms. The predicted octanol–water partition coefficient (Wildman–Crippen LogP) is 0.907. The maximum atomic E-state index is 5.29. The van der Waals surface area contributed by atoms with Crippen LogP contribution in [0.1, 0.15) is 19.8 Å². The summed E-state index contributed by atoms with van der Waals surface area (Å²) in [5.74, 6) is 0. The number of hydrogen-bond donors (Lipinski definition) is 1. The quantitative estimate of drug-likeness (QED) is 0.690. The molecule has 3 nitrogen and oxygen atoms in total. The number of rotatable bonds is 2. The molecule has 1 heterocycles.